The van der Waals surface area contributed by atoms with E-state index in [1.807, 2.05) is 13.1 Å². The van der Waals surface area contributed by atoms with Gasteiger partial charge in [0.2, 0.25) is 0 Å². The molecule has 2 aromatic rings. The van der Waals surface area contributed by atoms with Crippen molar-refractivity contribution >= 4 is 5.97 Å². The van der Waals surface area contributed by atoms with Gasteiger partial charge in [-0.3, -0.25) is 4.68 Å². The van der Waals surface area contributed by atoms with Crippen LogP contribution in [0.3, 0.4) is 0 Å². The van der Waals surface area contributed by atoms with Crippen LogP contribution in [0, 0.1) is 6.92 Å². The Labute approximate surface area is 85.9 Å². The molecule has 0 spiro atoms. The van der Waals surface area contributed by atoms with Crippen molar-refractivity contribution in [2.24, 2.45) is 0 Å². The summed E-state index contributed by atoms with van der Waals surface area (Å²) >= 11 is 0. The first-order valence-electron chi connectivity index (χ1n) is 4.45. The number of aromatic nitrogens is 2. The van der Waals surface area contributed by atoms with Crippen LogP contribution in [0.5, 0.6) is 0 Å². The van der Waals surface area contributed by atoms with Crippen molar-refractivity contribution in [2.45, 2.75) is 13.5 Å². The Morgan fingerprint density at radius 3 is 3.07 bits per heavy atom. The largest absolute Gasteiger partial charge is 0.478 e. The highest BCUT2D eigenvalue weighted by Gasteiger charge is 2.13. The van der Waals surface area contributed by atoms with Gasteiger partial charge in [0.05, 0.1) is 19.0 Å². The first-order chi connectivity index (χ1) is 7.16. The maximum atomic E-state index is 10.8. The zero-order valence-electron chi connectivity index (χ0n) is 8.17. The Morgan fingerprint density at radius 1 is 1.67 bits per heavy atom. The van der Waals surface area contributed by atoms with Gasteiger partial charge in [0.25, 0.3) is 0 Å². The molecule has 5 heteroatoms. The van der Waals surface area contributed by atoms with Gasteiger partial charge >= 0.3 is 5.97 Å². The molecule has 2 rings (SSSR count). The summed E-state index contributed by atoms with van der Waals surface area (Å²) in [7, 11) is 0. The number of carboxylic acids is 1. The highest BCUT2D eigenvalue weighted by Crippen LogP contribution is 2.12. The monoisotopic (exact) mass is 206 g/mol. The van der Waals surface area contributed by atoms with Crippen LogP contribution in [-0.2, 0) is 6.54 Å². The lowest BCUT2D eigenvalue weighted by molar-refractivity contribution is 0.0694. The Hall–Kier alpha value is -2.04. The maximum Gasteiger partial charge on any atom is 0.339 e. The average molecular weight is 206 g/mol. The molecule has 0 atom stereocenters. The summed E-state index contributed by atoms with van der Waals surface area (Å²) in [5, 5.41) is 12.9. The van der Waals surface area contributed by atoms with E-state index >= 15 is 0 Å². The minimum absolute atomic E-state index is 0.183. The molecule has 0 saturated carbocycles. The van der Waals surface area contributed by atoms with Crippen LogP contribution < -0.4 is 0 Å². The smallest absolute Gasteiger partial charge is 0.339 e. The summed E-state index contributed by atoms with van der Waals surface area (Å²) in [4.78, 5) is 10.8. The summed E-state index contributed by atoms with van der Waals surface area (Å²) in [6.07, 6.45) is 4.91. The molecule has 0 fully saturated rings. The van der Waals surface area contributed by atoms with Gasteiger partial charge in [-0.25, -0.2) is 4.79 Å². The molecule has 2 aromatic heterocycles. The molecule has 78 valence electrons. The second-order valence-corrected chi connectivity index (χ2v) is 3.28. The van der Waals surface area contributed by atoms with Crippen LogP contribution in [0.2, 0.25) is 0 Å². The van der Waals surface area contributed by atoms with E-state index < -0.39 is 5.97 Å². The average Bonchev–Trinajstić information content (AvgIpc) is 2.75. The fourth-order valence-corrected chi connectivity index (χ4v) is 1.35. The van der Waals surface area contributed by atoms with Gasteiger partial charge in [0.1, 0.15) is 11.3 Å². The number of carbonyl (C=O) groups is 1. The molecule has 0 bridgehead atoms. The molecule has 15 heavy (non-hydrogen) atoms. The molecule has 0 aromatic carbocycles. The van der Waals surface area contributed by atoms with Gasteiger partial charge in [-0.1, -0.05) is 0 Å². The third-order valence-electron chi connectivity index (χ3n) is 2.04. The minimum atomic E-state index is -0.984. The topological polar surface area (TPSA) is 68.3 Å². The van der Waals surface area contributed by atoms with Crippen molar-refractivity contribution < 1.29 is 14.3 Å². The zero-order chi connectivity index (χ0) is 10.8. The summed E-state index contributed by atoms with van der Waals surface area (Å²) in [6.45, 7) is 2.26. The lowest BCUT2D eigenvalue weighted by atomic mass is 10.2. The molecule has 0 amide bonds. The van der Waals surface area contributed by atoms with E-state index in [1.54, 1.807) is 10.9 Å². The van der Waals surface area contributed by atoms with Gasteiger partial charge in [-0.2, -0.15) is 5.10 Å². The van der Waals surface area contributed by atoms with Crippen molar-refractivity contribution in [2.75, 3.05) is 0 Å². The Morgan fingerprint density at radius 2 is 2.47 bits per heavy atom. The van der Waals surface area contributed by atoms with Crippen LogP contribution in [0.4, 0.5) is 0 Å². The van der Waals surface area contributed by atoms with Crippen LogP contribution in [-0.4, -0.2) is 20.9 Å². The van der Waals surface area contributed by atoms with E-state index in [1.165, 1.54) is 12.3 Å². The maximum absolute atomic E-state index is 10.8. The molecule has 0 radical (unpaired) electrons. The highest BCUT2D eigenvalue weighted by atomic mass is 16.4. The fourth-order valence-electron chi connectivity index (χ4n) is 1.35. The second kappa shape index (κ2) is 3.61. The van der Waals surface area contributed by atoms with Gasteiger partial charge < -0.3 is 9.52 Å². The van der Waals surface area contributed by atoms with Crippen molar-refractivity contribution in [1.29, 1.82) is 0 Å². The molecule has 5 nitrogen and oxygen atoms in total. The summed E-state index contributed by atoms with van der Waals surface area (Å²) < 4.78 is 6.74. The van der Waals surface area contributed by atoms with Gasteiger partial charge in [-0.15, -0.1) is 0 Å². The number of aromatic carboxylic acids is 1. The van der Waals surface area contributed by atoms with Crippen molar-refractivity contribution in [3.63, 3.8) is 0 Å². The van der Waals surface area contributed by atoms with E-state index in [4.69, 9.17) is 9.52 Å². The predicted octanol–water partition coefficient (Wildman–Crippen LogP) is 1.53. The van der Waals surface area contributed by atoms with E-state index in [0.29, 0.717) is 12.3 Å². The van der Waals surface area contributed by atoms with E-state index in [9.17, 15) is 4.79 Å². The van der Waals surface area contributed by atoms with Crippen LogP contribution in [0.15, 0.2) is 29.1 Å². The van der Waals surface area contributed by atoms with Crippen molar-refractivity contribution in [3.8, 4) is 0 Å². The second-order valence-electron chi connectivity index (χ2n) is 3.28. The molecule has 0 aliphatic rings. The molecular formula is C10H10N2O3. The van der Waals surface area contributed by atoms with Crippen LogP contribution in [0.25, 0.3) is 0 Å². The zero-order valence-corrected chi connectivity index (χ0v) is 8.17. The SMILES string of the molecule is Cc1cnn(Cc2occc2C(=O)O)c1. The fraction of sp³-hybridized carbons (Fsp3) is 0.200. The number of hydrogen-bond acceptors (Lipinski definition) is 3. The number of nitrogens with zero attached hydrogens (tertiary/aromatic N) is 2. The first-order valence-corrected chi connectivity index (χ1v) is 4.45. The summed E-state index contributed by atoms with van der Waals surface area (Å²) in [5.74, 6) is -0.576. The lowest BCUT2D eigenvalue weighted by Gasteiger charge is -1.99. The van der Waals surface area contributed by atoms with Crippen molar-refractivity contribution in [3.05, 3.63) is 41.6 Å². The minimum Gasteiger partial charge on any atom is -0.478 e. The molecule has 0 unspecified atom stereocenters. The van der Waals surface area contributed by atoms with Crippen molar-refractivity contribution in [1.82, 2.24) is 9.78 Å². The Kier molecular flexibility index (Phi) is 2.29. The Bertz CT molecular complexity index is 484. The summed E-state index contributed by atoms with van der Waals surface area (Å²) in [5.41, 5.74) is 1.21. The third-order valence-corrected chi connectivity index (χ3v) is 2.04. The molecule has 0 saturated heterocycles. The van der Waals surface area contributed by atoms with Gasteiger partial charge in [-0.05, 0) is 18.6 Å². The lowest BCUT2D eigenvalue weighted by Crippen LogP contribution is -2.04. The number of furan rings is 1. The summed E-state index contributed by atoms with van der Waals surface area (Å²) in [6, 6.07) is 1.44. The molecule has 1 N–H and O–H groups in total. The molecule has 2 heterocycles. The van der Waals surface area contributed by atoms with Crippen LogP contribution >= 0.6 is 0 Å². The number of aryl methyl sites for hydroxylation is 1. The van der Waals surface area contributed by atoms with E-state index in [-0.39, 0.29) is 5.56 Å². The first kappa shape index (κ1) is 9.51. The molecule has 0 aliphatic heterocycles. The molecule has 0 aliphatic carbocycles. The third kappa shape index (κ3) is 1.90. The Balaban J connectivity index is 2.24. The van der Waals surface area contributed by atoms with Gasteiger partial charge in [0, 0.05) is 6.20 Å². The van der Waals surface area contributed by atoms with E-state index in [2.05, 4.69) is 5.10 Å². The molecular weight excluding hydrogens is 196 g/mol. The standard InChI is InChI=1S/C10H10N2O3/c1-7-4-11-12(5-7)6-9-8(10(13)14)2-3-15-9/h2-5H,6H2,1H3,(H,13,14). The number of carboxylic acid groups (broad SMARTS) is 1. The predicted molar refractivity (Wildman–Crippen MR) is 51.7 cm³/mol. The normalized spacial score (nSPS) is 10.5. The van der Waals surface area contributed by atoms with Crippen LogP contribution in [0.1, 0.15) is 21.7 Å². The van der Waals surface area contributed by atoms with Gasteiger partial charge in [0.15, 0.2) is 0 Å². The number of hydrogen-bond donors (Lipinski definition) is 1. The van der Waals surface area contributed by atoms with E-state index in [0.717, 1.165) is 5.56 Å². The number of rotatable bonds is 3. The highest BCUT2D eigenvalue weighted by molar-refractivity contribution is 5.88. The quantitative estimate of drug-likeness (QED) is 0.826.